The Hall–Kier alpha value is -2.40. The van der Waals surface area contributed by atoms with Crippen molar-refractivity contribution in [2.45, 2.75) is 46.3 Å². The molecule has 0 unspecified atom stereocenters. The van der Waals surface area contributed by atoms with Crippen molar-refractivity contribution in [1.29, 1.82) is 0 Å². The van der Waals surface area contributed by atoms with Gasteiger partial charge in [0.25, 0.3) is 0 Å². The number of carbonyl (C=O) groups excluding carboxylic acids is 1. The second kappa shape index (κ2) is 8.32. The minimum atomic E-state index is -0.113. The van der Waals surface area contributed by atoms with Crippen molar-refractivity contribution in [2.75, 3.05) is 18.5 Å². The maximum Gasteiger partial charge on any atom is 0.322 e. The molecule has 0 radical (unpaired) electrons. The average Bonchev–Trinajstić information content (AvgIpc) is 3.12. The second-order valence-corrected chi connectivity index (χ2v) is 6.96. The Morgan fingerprint density at radius 1 is 1.23 bits per heavy atom. The standard InChI is InChI=1S/C21H27N3O2/c1-15-7-4-5-8-18(15)13-24(14-19-9-6-12-26-19)21(25)23-20-11-10-16(2)22-17(20)3/h4-5,7-8,10-11,19H,6,9,12-14H2,1-3H3,(H,23,25)/t19-/m1/s1. The molecule has 138 valence electrons. The Morgan fingerprint density at radius 2 is 2.04 bits per heavy atom. The highest BCUT2D eigenvalue weighted by Gasteiger charge is 2.23. The Morgan fingerprint density at radius 3 is 2.73 bits per heavy atom. The van der Waals surface area contributed by atoms with Gasteiger partial charge in [-0.25, -0.2) is 4.79 Å². The van der Waals surface area contributed by atoms with E-state index in [1.54, 1.807) is 0 Å². The normalized spacial score (nSPS) is 16.5. The number of hydrogen-bond acceptors (Lipinski definition) is 3. The Kier molecular flexibility index (Phi) is 5.89. The van der Waals surface area contributed by atoms with Gasteiger partial charge >= 0.3 is 6.03 Å². The van der Waals surface area contributed by atoms with Crippen LogP contribution in [0.1, 0.15) is 35.4 Å². The Bertz CT molecular complexity index is 770. The predicted molar refractivity (Wildman–Crippen MR) is 103 cm³/mol. The van der Waals surface area contributed by atoms with Gasteiger partial charge in [-0.05, 0) is 56.9 Å². The van der Waals surface area contributed by atoms with Crippen LogP contribution in [0.25, 0.3) is 0 Å². The van der Waals surface area contributed by atoms with E-state index in [1.165, 1.54) is 5.56 Å². The summed E-state index contributed by atoms with van der Waals surface area (Å²) in [4.78, 5) is 19.3. The summed E-state index contributed by atoms with van der Waals surface area (Å²) in [6.45, 7) is 7.88. The lowest BCUT2D eigenvalue weighted by atomic mass is 10.1. The van der Waals surface area contributed by atoms with Crippen LogP contribution in [0.5, 0.6) is 0 Å². The van der Waals surface area contributed by atoms with Crippen molar-refractivity contribution in [2.24, 2.45) is 0 Å². The smallest absolute Gasteiger partial charge is 0.322 e. The van der Waals surface area contributed by atoms with Crippen LogP contribution in [0.2, 0.25) is 0 Å². The van der Waals surface area contributed by atoms with Crippen LogP contribution in [-0.4, -0.2) is 35.2 Å². The van der Waals surface area contributed by atoms with Gasteiger partial charge in [-0.3, -0.25) is 4.98 Å². The largest absolute Gasteiger partial charge is 0.376 e. The summed E-state index contributed by atoms with van der Waals surface area (Å²) >= 11 is 0. The molecular weight excluding hydrogens is 326 g/mol. The number of carbonyl (C=O) groups is 1. The molecule has 5 heteroatoms. The predicted octanol–water partition coefficient (Wildman–Crippen LogP) is 4.22. The molecule has 5 nitrogen and oxygen atoms in total. The molecule has 1 N–H and O–H groups in total. The van der Waals surface area contributed by atoms with Crippen LogP contribution < -0.4 is 5.32 Å². The maximum atomic E-state index is 13.0. The zero-order chi connectivity index (χ0) is 18.5. The summed E-state index contributed by atoms with van der Waals surface area (Å²) in [6.07, 6.45) is 2.18. The Balaban J connectivity index is 1.76. The van der Waals surface area contributed by atoms with E-state index in [9.17, 15) is 4.79 Å². The molecule has 1 fully saturated rings. The number of rotatable bonds is 5. The number of nitrogens with zero attached hydrogens (tertiary/aromatic N) is 2. The highest BCUT2D eigenvalue weighted by Crippen LogP contribution is 2.19. The topological polar surface area (TPSA) is 54.5 Å². The zero-order valence-electron chi connectivity index (χ0n) is 15.8. The summed E-state index contributed by atoms with van der Waals surface area (Å²) in [7, 11) is 0. The number of hydrogen-bond donors (Lipinski definition) is 1. The third kappa shape index (κ3) is 4.61. The number of amides is 2. The van der Waals surface area contributed by atoms with Gasteiger partial charge in [-0.1, -0.05) is 24.3 Å². The molecule has 2 amide bonds. The van der Waals surface area contributed by atoms with E-state index >= 15 is 0 Å². The van der Waals surface area contributed by atoms with Crippen molar-refractivity contribution >= 4 is 11.7 Å². The number of ether oxygens (including phenoxy) is 1. The minimum Gasteiger partial charge on any atom is -0.376 e. The van der Waals surface area contributed by atoms with Crippen molar-refractivity contribution in [3.63, 3.8) is 0 Å². The van der Waals surface area contributed by atoms with Crippen LogP contribution >= 0.6 is 0 Å². The monoisotopic (exact) mass is 353 g/mol. The molecule has 2 aromatic rings. The van der Waals surface area contributed by atoms with Crippen LogP contribution in [0, 0.1) is 20.8 Å². The molecule has 1 saturated heterocycles. The van der Waals surface area contributed by atoms with E-state index < -0.39 is 0 Å². The molecule has 0 aliphatic carbocycles. The van der Waals surface area contributed by atoms with Crippen molar-refractivity contribution < 1.29 is 9.53 Å². The number of anilines is 1. The molecule has 2 heterocycles. The molecule has 1 aromatic heterocycles. The van der Waals surface area contributed by atoms with Crippen LogP contribution in [0.15, 0.2) is 36.4 Å². The highest BCUT2D eigenvalue weighted by molar-refractivity contribution is 5.89. The molecule has 0 spiro atoms. The molecular formula is C21H27N3O2. The lowest BCUT2D eigenvalue weighted by Crippen LogP contribution is -2.40. The van der Waals surface area contributed by atoms with Gasteiger partial charge in [-0.15, -0.1) is 0 Å². The van der Waals surface area contributed by atoms with Crippen molar-refractivity contribution in [3.8, 4) is 0 Å². The summed E-state index contributed by atoms with van der Waals surface area (Å²) in [5, 5.41) is 3.02. The number of urea groups is 1. The van der Waals surface area contributed by atoms with Gasteiger partial charge in [-0.2, -0.15) is 0 Å². The fraction of sp³-hybridized carbons (Fsp3) is 0.429. The fourth-order valence-electron chi connectivity index (χ4n) is 3.26. The highest BCUT2D eigenvalue weighted by atomic mass is 16.5. The molecule has 1 atom stereocenters. The van der Waals surface area contributed by atoms with Gasteiger partial charge in [0, 0.05) is 25.4 Å². The lowest BCUT2D eigenvalue weighted by Gasteiger charge is -2.26. The van der Waals surface area contributed by atoms with Gasteiger partial charge in [0.15, 0.2) is 0 Å². The first-order valence-electron chi connectivity index (χ1n) is 9.19. The minimum absolute atomic E-state index is 0.113. The number of nitrogens with one attached hydrogen (secondary N) is 1. The van der Waals surface area contributed by atoms with Gasteiger partial charge < -0.3 is 15.0 Å². The van der Waals surface area contributed by atoms with E-state index in [0.717, 1.165) is 42.1 Å². The lowest BCUT2D eigenvalue weighted by molar-refractivity contribution is 0.0819. The maximum absolute atomic E-state index is 13.0. The molecule has 0 bridgehead atoms. The number of aryl methyl sites for hydroxylation is 3. The first-order valence-corrected chi connectivity index (χ1v) is 9.19. The van der Waals surface area contributed by atoms with Crippen LogP contribution in [0.4, 0.5) is 10.5 Å². The van der Waals surface area contributed by atoms with Gasteiger partial charge in [0.05, 0.1) is 17.5 Å². The summed E-state index contributed by atoms with van der Waals surface area (Å²) in [5.41, 5.74) is 4.86. The molecule has 1 aliphatic heterocycles. The van der Waals surface area contributed by atoms with E-state index in [1.807, 2.05) is 43.0 Å². The van der Waals surface area contributed by atoms with Crippen molar-refractivity contribution in [3.05, 3.63) is 58.9 Å². The van der Waals surface area contributed by atoms with Gasteiger partial charge in [0.2, 0.25) is 0 Å². The van der Waals surface area contributed by atoms with Crippen molar-refractivity contribution in [1.82, 2.24) is 9.88 Å². The first-order chi connectivity index (χ1) is 12.5. The Labute approximate surface area is 155 Å². The molecule has 26 heavy (non-hydrogen) atoms. The van der Waals surface area contributed by atoms with E-state index in [2.05, 4.69) is 29.4 Å². The van der Waals surface area contributed by atoms with Crippen LogP contribution in [-0.2, 0) is 11.3 Å². The summed E-state index contributed by atoms with van der Waals surface area (Å²) in [6, 6.07) is 11.9. The molecule has 1 aliphatic rings. The fourth-order valence-corrected chi connectivity index (χ4v) is 3.26. The van der Waals surface area contributed by atoms with Crippen LogP contribution in [0.3, 0.4) is 0 Å². The molecule has 1 aromatic carbocycles. The average molecular weight is 353 g/mol. The van der Waals surface area contributed by atoms with E-state index in [-0.39, 0.29) is 12.1 Å². The summed E-state index contributed by atoms with van der Waals surface area (Å²) < 4.78 is 5.76. The molecule has 3 rings (SSSR count). The van der Waals surface area contributed by atoms with E-state index in [0.29, 0.717) is 13.1 Å². The zero-order valence-corrected chi connectivity index (χ0v) is 15.8. The summed E-state index contributed by atoms with van der Waals surface area (Å²) in [5.74, 6) is 0. The number of benzene rings is 1. The third-order valence-corrected chi connectivity index (χ3v) is 4.82. The van der Waals surface area contributed by atoms with Gasteiger partial charge in [0.1, 0.15) is 0 Å². The molecule has 0 saturated carbocycles. The second-order valence-electron chi connectivity index (χ2n) is 6.96. The number of aromatic nitrogens is 1. The first kappa shape index (κ1) is 18.4. The SMILES string of the molecule is Cc1ccc(NC(=O)N(Cc2ccccc2C)C[C@H]2CCCO2)c(C)n1. The quantitative estimate of drug-likeness (QED) is 0.875. The number of pyridine rings is 1. The van der Waals surface area contributed by atoms with E-state index in [4.69, 9.17) is 4.74 Å². The third-order valence-electron chi connectivity index (χ3n) is 4.82.